The number of carbonyl (C=O) groups is 2. The maximum Gasteiger partial charge on any atom is 0.313 e. The number of benzene rings is 3. The molecule has 3 aromatic rings. The van der Waals surface area contributed by atoms with Gasteiger partial charge in [0.2, 0.25) is 9.84 Å². The summed E-state index contributed by atoms with van der Waals surface area (Å²) in [5, 5.41) is 15.5. The molecule has 8 nitrogen and oxygen atoms in total. The average molecular weight is 527 g/mol. The van der Waals surface area contributed by atoms with Gasteiger partial charge in [-0.25, -0.2) is 12.8 Å². The third-order valence-electron chi connectivity index (χ3n) is 6.09. The highest BCUT2D eigenvalue weighted by Gasteiger charge is 2.26. The van der Waals surface area contributed by atoms with Crippen LogP contribution in [0.4, 0.5) is 10.1 Å². The number of rotatable bonds is 7. The smallest absolute Gasteiger partial charge is 0.313 e. The molecule has 37 heavy (non-hydrogen) atoms. The zero-order valence-corrected chi connectivity index (χ0v) is 21.2. The average Bonchev–Trinajstić information content (AvgIpc) is 3.36. The van der Waals surface area contributed by atoms with Crippen molar-refractivity contribution in [2.75, 3.05) is 11.9 Å². The number of ether oxygens (including phenoxy) is 1. The maximum absolute atomic E-state index is 13.3. The Kier molecular flexibility index (Phi) is 7.49. The Labute approximate surface area is 214 Å². The Bertz CT molecular complexity index is 1470. The van der Waals surface area contributed by atoms with Crippen LogP contribution in [-0.2, 0) is 32.3 Å². The van der Waals surface area contributed by atoms with Gasteiger partial charge in [0, 0.05) is 23.9 Å². The van der Waals surface area contributed by atoms with Gasteiger partial charge in [-0.2, -0.15) is 0 Å². The topological polar surface area (TPSA) is 122 Å². The van der Waals surface area contributed by atoms with E-state index < -0.39 is 33.2 Å². The first-order valence-electron chi connectivity index (χ1n) is 11.9. The molecule has 10 heteroatoms. The molecule has 3 N–H and O–H groups in total. The van der Waals surface area contributed by atoms with Gasteiger partial charge in [-0.1, -0.05) is 6.92 Å². The summed E-state index contributed by atoms with van der Waals surface area (Å²) in [6, 6.07) is 9.95. The molecular weight excluding hydrogens is 499 g/mol. The number of carbonyl (C=O) groups excluding carboxylic acids is 2. The van der Waals surface area contributed by atoms with E-state index in [1.807, 2.05) is 6.92 Å². The molecule has 0 saturated heterocycles. The minimum Gasteiger partial charge on any atom is -0.507 e. The fourth-order valence-electron chi connectivity index (χ4n) is 4.28. The molecule has 0 fully saturated rings. The van der Waals surface area contributed by atoms with Crippen molar-refractivity contribution >= 4 is 27.3 Å². The predicted molar refractivity (Wildman–Crippen MR) is 135 cm³/mol. The van der Waals surface area contributed by atoms with Crippen LogP contribution in [0, 0.1) is 12.7 Å². The van der Waals surface area contributed by atoms with Gasteiger partial charge in [-0.05, 0) is 86.2 Å². The van der Waals surface area contributed by atoms with Crippen LogP contribution in [0.1, 0.15) is 36.5 Å². The second-order valence-corrected chi connectivity index (χ2v) is 10.7. The highest BCUT2D eigenvalue weighted by Crippen LogP contribution is 2.42. The number of phenolic OH excluding ortho intramolecular Hbond substituents is 1. The molecule has 4 rings (SSSR count). The number of halogens is 1. The normalized spacial score (nSPS) is 12.6. The van der Waals surface area contributed by atoms with Crippen molar-refractivity contribution in [3.8, 4) is 17.2 Å². The van der Waals surface area contributed by atoms with Crippen LogP contribution < -0.4 is 15.4 Å². The molecule has 0 aromatic heterocycles. The van der Waals surface area contributed by atoms with Gasteiger partial charge in [0.25, 0.3) is 0 Å². The Morgan fingerprint density at radius 2 is 1.73 bits per heavy atom. The first-order valence-corrected chi connectivity index (χ1v) is 13.4. The van der Waals surface area contributed by atoms with Crippen molar-refractivity contribution in [2.24, 2.45) is 0 Å². The summed E-state index contributed by atoms with van der Waals surface area (Å²) in [4.78, 5) is 23.8. The van der Waals surface area contributed by atoms with Crippen LogP contribution in [0.3, 0.4) is 0 Å². The zero-order chi connectivity index (χ0) is 26.7. The lowest BCUT2D eigenvalue weighted by Gasteiger charge is -2.18. The van der Waals surface area contributed by atoms with E-state index in [2.05, 4.69) is 10.6 Å². The quantitative estimate of drug-likeness (QED) is 0.310. The lowest BCUT2D eigenvalue weighted by atomic mass is 10.0. The lowest BCUT2D eigenvalue weighted by Crippen LogP contribution is -2.36. The minimum atomic E-state index is -4.14. The Balaban J connectivity index is 1.65. The summed E-state index contributed by atoms with van der Waals surface area (Å²) in [6.07, 6.45) is 2.89. The van der Waals surface area contributed by atoms with Gasteiger partial charge >= 0.3 is 11.8 Å². The van der Waals surface area contributed by atoms with E-state index in [1.54, 1.807) is 13.0 Å². The number of phenols is 1. The highest BCUT2D eigenvalue weighted by atomic mass is 32.2. The number of anilines is 1. The first kappa shape index (κ1) is 26.2. The molecule has 2 amide bonds. The third kappa shape index (κ3) is 5.43. The fraction of sp³-hybridized carbons (Fsp3) is 0.259. The monoisotopic (exact) mass is 526 g/mol. The van der Waals surface area contributed by atoms with Gasteiger partial charge in [-0.3, -0.25) is 9.59 Å². The van der Waals surface area contributed by atoms with Gasteiger partial charge in [0.1, 0.15) is 28.0 Å². The number of hydrogen-bond donors (Lipinski definition) is 3. The Hall–Kier alpha value is -3.92. The van der Waals surface area contributed by atoms with Crippen LogP contribution in [0.2, 0.25) is 0 Å². The molecule has 0 atom stereocenters. The zero-order valence-electron chi connectivity index (χ0n) is 20.4. The van der Waals surface area contributed by atoms with E-state index >= 15 is 0 Å². The molecule has 1 aliphatic carbocycles. The predicted octanol–water partition coefficient (Wildman–Crippen LogP) is 4.42. The molecule has 0 saturated carbocycles. The van der Waals surface area contributed by atoms with Crippen molar-refractivity contribution < 1.29 is 32.2 Å². The van der Waals surface area contributed by atoms with Crippen molar-refractivity contribution in [1.29, 1.82) is 0 Å². The number of nitrogens with one attached hydrogen (secondary N) is 2. The Morgan fingerprint density at radius 3 is 2.43 bits per heavy atom. The second-order valence-electron chi connectivity index (χ2n) is 8.78. The molecule has 0 aliphatic heterocycles. The standard InChI is InChI=1S/C27H27FN2O6S/c1-3-13-29-26(32)27(33)30-22-14-16(2)25(21-6-4-5-20(21)22)36-18-9-12-23(31)24(15-18)37(34,35)19-10-7-17(28)8-11-19/h7-12,14-15,31H,3-6,13H2,1-2H3,(H,29,32)(H,30,33). The molecule has 194 valence electrons. The summed E-state index contributed by atoms with van der Waals surface area (Å²) >= 11 is 0. The van der Waals surface area contributed by atoms with E-state index in [0.717, 1.165) is 41.8 Å². The third-order valence-corrected chi connectivity index (χ3v) is 7.89. The minimum absolute atomic E-state index is 0.165. The van der Waals surface area contributed by atoms with Crippen LogP contribution in [-0.4, -0.2) is 31.9 Å². The summed E-state index contributed by atoms with van der Waals surface area (Å²) in [5.41, 5.74) is 2.94. The largest absolute Gasteiger partial charge is 0.507 e. The van der Waals surface area contributed by atoms with E-state index in [0.29, 0.717) is 42.8 Å². The molecule has 0 unspecified atom stereocenters. The summed E-state index contributed by atoms with van der Waals surface area (Å²) < 4.78 is 45.6. The number of aromatic hydroxyl groups is 1. The molecule has 0 heterocycles. The Morgan fingerprint density at radius 1 is 1.03 bits per heavy atom. The number of aryl methyl sites for hydroxylation is 1. The first-order chi connectivity index (χ1) is 17.6. The number of fused-ring (bicyclic) bond motifs is 1. The van der Waals surface area contributed by atoms with Crippen molar-refractivity contribution in [3.05, 3.63) is 71.0 Å². The lowest BCUT2D eigenvalue weighted by molar-refractivity contribution is -0.136. The van der Waals surface area contributed by atoms with Crippen molar-refractivity contribution in [2.45, 2.75) is 49.3 Å². The molecular formula is C27H27FN2O6S. The van der Waals surface area contributed by atoms with E-state index in [1.165, 1.54) is 18.2 Å². The molecule has 0 spiro atoms. The summed E-state index contributed by atoms with van der Waals surface area (Å²) in [5.74, 6) is -1.78. The molecule has 1 aliphatic rings. The summed E-state index contributed by atoms with van der Waals surface area (Å²) in [7, 11) is -4.14. The molecule has 0 bridgehead atoms. The summed E-state index contributed by atoms with van der Waals surface area (Å²) in [6.45, 7) is 4.08. The van der Waals surface area contributed by atoms with E-state index in [-0.39, 0.29) is 15.5 Å². The van der Waals surface area contributed by atoms with E-state index in [4.69, 9.17) is 4.74 Å². The van der Waals surface area contributed by atoms with Crippen molar-refractivity contribution in [1.82, 2.24) is 5.32 Å². The van der Waals surface area contributed by atoms with Crippen molar-refractivity contribution in [3.63, 3.8) is 0 Å². The fourth-order valence-corrected chi connectivity index (χ4v) is 5.64. The maximum atomic E-state index is 13.3. The van der Waals surface area contributed by atoms with Gasteiger partial charge in [-0.15, -0.1) is 0 Å². The molecule has 0 radical (unpaired) electrons. The second kappa shape index (κ2) is 10.6. The van der Waals surface area contributed by atoms with E-state index in [9.17, 15) is 27.5 Å². The van der Waals surface area contributed by atoms with Crippen LogP contribution in [0.5, 0.6) is 17.2 Å². The SMILES string of the molecule is CCCNC(=O)C(=O)Nc1cc(C)c(Oc2ccc(O)c(S(=O)(=O)c3ccc(F)cc3)c2)c2c1CCC2. The number of hydrogen-bond acceptors (Lipinski definition) is 6. The van der Waals surface area contributed by atoms with Gasteiger partial charge in [0.15, 0.2) is 0 Å². The van der Waals surface area contributed by atoms with Gasteiger partial charge in [0.05, 0.1) is 4.90 Å². The number of sulfone groups is 1. The van der Waals surface area contributed by atoms with Crippen LogP contribution in [0.25, 0.3) is 0 Å². The van der Waals surface area contributed by atoms with Crippen LogP contribution >= 0.6 is 0 Å². The number of amides is 2. The van der Waals surface area contributed by atoms with Crippen LogP contribution in [0.15, 0.2) is 58.3 Å². The van der Waals surface area contributed by atoms with Gasteiger partial charge < -0.3 is 20.5 Å². The highest BCUT2D eigenvalue weighted by molar-refractivity contribution is 7.91. The molecule has 3 aromatic carbocycles.